The lowest BCUT2D eigenvalue weighted by atomic mass is 10.1. The summed E-state index contributed by atoms with van der Waals surface area (Å²) in [5.74, 6) is -0.330. The molecule has 2 aromatic rings. The van der Waals surface area contributed by atoms with Gasteiger partial charge in [-0.3, -0.25) is 4.79 Å². The minimum absolute atomic E-state index is 0.0851. The number of ketones is 1. The van der Waals surface area contributed by atoms with Crippen molar-refractivity contribution in [1.29, 1.82) is 0 Å². The Morgan fingerprint density at radius 3 is 2.63 bits per heavy atom. The van der Waals surface area contributed by atoms with E-state index in [0.29, 0.717) is 0 Å². The molecule has 0 aliphatic heterocycles. The Labute approximate surface area is 121 Å². The van der Waals surface area contributed by atoms with Crippen LogP contribution in [0, 0.1) is 0 Å². The van der Waals surface area contributed by atoms with Crippen molar-refractivity contribution >= 4 is 33.0 Å². The van der Waals surface area contributed by atoms with Gasteiger partial charge in [0, 0.05) is 11.3 Å². The number of carbonyl (C=O) groups excluding carboxylic acids is 1. The third-order valence-electron chi connectivity index (χ3n) is 2.37. The van der Waals surface area contributed by atoms with Gasteiger partial charge in [0.25, 0.3) is 0 Å². The molecule has 0 fully saturated rings. The normalized spacial score (nSPS) is 10.7. The molecule has 0 aliphatic rings. The second-order valence-electron chi connectivity index (χ2n) is 3.68. The second kappa shape index (κ2) is 6.25. The fourth-order valence-corrected chi connectivity index (χ4v) is 3.08. The van der Waals surface area contributed by atoms with E-state index in [9.17, 15) is 13.6 Å². The van der Waals surface area contributed by atoms with Crippen LogP contribution < -0.4 is 4.74 Å². The summed E-state index contributed by atoms with van der Waals surface area (Å²) in [5, 5.41) is 0. The van der Waals surface area contributed by atoms with Crippen molar-refractivity contribution < 1.29 is 18.3 Å². The molecule has 0 atom stereocenters. The van der Waals surface area contributed by atoms with E-state index in [1.54, 1.807) is 12.1 Å². The van der Waals surface area contributed by atoms with Gasteiger partial charge in [-0.2, -0.15) is 8.78 Å². The number of halogens is 3. The zero-order chi connectivity index (χ0) is 13.8. The third kappa shape index (κ3) is 3.84. The number of thiophene rings is 1. The lowest BCUT2D eigenvalue weighted by Gasteiger charge is -2.09. The number of hydrogen-bond acceptors (Lipinski definition) is 3. The van der Waals surface area contributed by atoms with Gasteiger partial charge < -0.3 is 4.74 Å². The Morgan fingerprint density at radius 2 is 2.00 bits per heavy atom. The fourth-order valence-electron chi connectivity index (χ4n) is 1.60. The first-order chi connectivity index (χ1) is 9.06. The zero-order valence-corrected chi connectivity index (χ0v) is 12.0. The summed E-state index contributed by atoms with van der Waals surface area (Å²) in [7, 11) is 0. The molecule has 100 valence electrons. The number of alkyl halides is 2. The standard InChI is InChI=1S/C13H9BrF2O2S/c14-12-6-5-8(19-12)7-10(17)9-3-1-2-4-11(9)18-13(15)16/h1-6,13H,7H2. The Balaban J connectivity index is 2.18. The van der Waals surface area contributed by atoms with Crippen molar-refractivity contribution in [2.75, 3.05) is 0 Å². The molecule has 2 nitrogen and oxygen atoms in total. The first kappa shape index (κ1) is 14.1. The van der Waals surface area contributed by atoms with Crippen LogP contribution in [0.4, 0.5) is 8.78 Å². The number of hydrogen-bond donors (Lipinski definition) is 0. The monoisotopic (exact) mass is 346 g/mol. The van der Waals surface area contributed by atoms with E-state index in [-0.39, 0.29) is 23.5 Å². The first-order valence-electron chi connectivity index (χ1n) is 5.37. The number of para-hydroxylation sites is 1. The summed E-state index contributed by atoms with van der Waals surface area (Å²) >= 11 is 4.75. The second-order valence-corrected chi connectivity index (χ2v) is 6.23. The van der Waals surface area contributed by atoms with Crippen molar-refractivity contribution in [2.45, 2.75) is 13.0 Å². The number of carbonyl (C=O) groups is 1. The van der Waals surface area contributed by atoms with E-state index in [1.807, 2.05) is 12.1 Å². The molecule has 1 heterocycles. The van der Waals surface area contributed by atoms with Gasteiger partial charge in [-0.15, -0.1) is 11.3 Å². The summed E-state index contributed by atoms with van der Waals surface area (Å²) in [6, 6.07) is 9.69. The van der Waals surface area contributed by atoms with Crippen LogP contribution in [0.3, 0.4) is 0 Å². The van der Waals surface area contributed by atoms with E-state index in [2.05, 4.69) is 20.7 Å². The molecule has 0 saturated carbocycles. The maximum Gasteiger partial charge on any atom is 0.387 e. The highest BCUT2D eigenvalue weighted by molar-refractivity contribution is 9.11. The quantitative estimate of drug-likeness (QED) is 0.743. The molecular formula is C13H9BrF2O2S. The molecule has 0 spiro atoms. The Kier molecular flexibility index (Phi) is 4.66. The molecule has 0 N–H and O–H groups in total. The van der Waals surface area contributed by atoms with Gasteiger partial charge in [0.15, 0.2) is 5.78 Å². The molecule has 1 aromatic heterocycles. The van der Waals surface area contributed by atoms with E-state index >= 15 is 0 Å². The molecule has 19 heavy (non-hydrogen) atoms. The molecule has 2 rings (SSSR count). The molecule has 0 unspecified atom stereocenters. The molecule has 0 bridgehead atoms. The molecule has 0 aliphatic carbocycles. The Bertz CT molecular complexity index is 584. The van der Waals surface area contributed by atoms with Crippen LogP contribution in [-0.4, -0.2) is 12.4 Å². The average molecular weight is 347 g/mol. The number of rotatable bonds is 5. The highest BCUT2D eigenvalue weighted by Gasteiger charge is 2.16. The molecule has 6 heteroatoms. The predicted molar refractivity (Wildman–Crippen MR) is 73.1 cm³/mol. The maximum atomic E-state index is 12.3. The van der Waals surface area contributed by atoms with Gasteiger partial charge in [0.1, 0.15) is 5.75 Å². The molecule has 0 saturated heterocycles. The van der Waals surface area contributed by atoms with Crippen molar-refractivity contribution in [3.8, 4) is 5.75 Å². The van der Waals surface area contributed by atoms with Crippen molar-refractivity contribution in [3.05, 3.63) is 50.6 Å². The van der Waals surface area contributed by atoms with Gasteiger partial charge in [0.2, 0.25) is 0 Å². The van der Waals surface area contributed by atoms with Gasteiger partial charge in [-0.25, -0.2) is 0 Å². The molecular weight excluding hydrogens is 338 g/mol. The van der Waals surface area contributed by atoms with E-state index in [4.69, 9.17) is 0 Å². The van der Waals surface area contributed by atoms with Crippen molar-refractivity contribution in [3.63, 3.8) is 0 Å². The maximum absolute atomic E-state index is 12.3. The smallest absolute Gasteiger partial charge is 0.387 e. The van der Waals surface area contributed by atoms with Gasteiger partial charge in [0.05, 0.1) is 9.35 Å². The highest BCUT2D eigenvalue weighted by atomic mass is 79.9. The number of Topliss-reactive ketones (excluding diaryl/α,β-unsaturated/α-hetero) is 1. The van der Waals surface area contributed by atoms with E-state index in [0.717, 1.165) is 8.66 Å². The van der Waals surface area contributed by atoms with Crippen molar-refractivity contribution in [2.24, 2.45) is 0 Å². The summed E-state index contributed by atoms with van der Waals surface area (Å²) < 4.78 is 29.8. The van der Waals surface area contributed by atoms with Gasteiger partial charge in [-0.1, -0.05) is 12.1 Å². The van der Waals surface area contributed by atoms with Crippen LogP contribution in [0.25, 0.3) is 0 Å². The summed E-state index contributed by atoms with van der Waals surface area (Å²) in [4.78, 5) is 13.0. The van der Waals surface area contributed by atoms with Gasteiger partial charge in [-0.05, 0) is 40.2 Å². The largest absolute Gasteiger partial charge is 0.434 e. The lowest BCUT2D eigenvalue weighted by molar-refractivity contribution is -0.0501. The van der Waals surface area contributed by atoms with Crippen molar-refractivity contribution in [1.82, 2.24) is 0 Å². The van der Waals surface area contributed by atoms with Crippen LogP contribution in [-0.2, 0) is 6.42 Å². The summed E-state index contributed by atoms with van der Waals surface area (Å²) in [5.41, 5.74) is 0.173. The zero-order valence-electron chi connectivity index (χ0n) is 9.61. The minimum Gasteiger partial charge on any atom is -0.434 e. The fraction of sp³-hybridized carbons (Fsp3) is 0.154. The minimum atomic E-state index is -2.94. The van der Waals surface area contributed by atoms with Crippen LogP contribution in [0.2, 0.25) is 0 Å². The molecule has 0 amide bonds. The van der Waals surface area contributed by atoms with Gasteiger partial charge >= 0.3 is 6.61 Å². The summed E-state index contributed by atoms with van der Waals surface area (Å²) in [6.07, 6.45) is 0.167. The average Bonchev–Trinajstić information content (AvgIpc) is 2.74. The topological polar surface area (TPSA) is 26.3 Å². The van der Waals surface area contributed by atoms with E-state index in [1.165, 1.54) is 23.5 Å². The SMILES string of the molecule is O=C(Cc1ccc(Br)s1)c1ccccc1OC(F)F. The summed E-state index contributed by atoms with van der Waals surface area (Å²) in [6.45, 7) is -2.94. The Hall–Kier alpha value is -1.27. The van der Waals surface area contributed by atoms with Crippen LogP contribution in [0.5, 0.6) is 5.75 Å². The Morgan fingerprint density at radius 1 is 1.26 bits per heavy atom. The van der Waals surface area contributed by atoms with Crippen LogP contribution >= 0.6 is 27.3 Å². The third-order valence-corrected chi connectivity index (χ3v) is 3.99. The van der Waals surface area contributed by atoms with E-state index < -0.39 is 6.61 Å². The first-order valence-corrected chi connectivity index (χ1v) is 6.98. The molecule has 0 radical (unpaired) electrons. The lowest BCUT2D eigenvalue weighted by Crippen LogP contribution is -2.09. The predicted octanol–water partition coefficient (Wildman–Crippen LogP) is 4.54. The molecule has 1 aromatic carbocycles. The van der Waals surface area contributed by atoms with Crippen LogP contribution in [0.15, 0.2) is 40.2 Å². The number of benzene rings is 1. The number of ether oxygens (including phenoxy) is 1. The van der Waals surface area contributed by atoms with Crippen LogP contribution in [0.1, 0.15) is 15.2 Å². The highest BCUT2D eigenvalue weighted by Crippen LogP contribution is 2.26.